The zero-order valence-corrected chi connectivity index (χ0v) is 10.1. The zero-order valence-electron chi connectivity index (χ0n) is 8.50. The molecule has 0 saturated carbocycles. The molecule has 1 nitrogen and oxygen atoms in total. The van der Waals surface area contributed by atoms with Gasteiger partial charge < -0.3 is 5.32 Å². The van der Waals surface area contributed by atoms with Gasteiger partial charge in [0.1, 0.15) is 7.85 Å². The van der Waals surface area contributed by atoms with Crippen LogP contribution in [0.25, 0.3) is 0 Å². The molecule has 0 heterocycles. The van der Waals surface area contributed by atoms with Crippen molar-refractivity contribution in [3.05, 3.63) is 53.0 Å². The molecule has 0 atom stereocenters. The van der Waals surface area contributed by atoms with Gasteiger partial charge in [-0.3, -0.25) is 0 Å². The molecule has 0 bridgehead atoms. The minimum Gasteiger partial charge on any atom is -0.356 e. The van der Waals surface area contributed by atoms with Gasteiger partial charge >= 0.3 is 0 Å². The second kappa shape index (κ2) is 4.54. The summed E-state index contributed by atoms with van der Waals surface area (Å²) in [6.07, 6.45) is 0. The van der Waals surface area contributed by atoms with Crippen LogP contribution in [-0.4, -0.2) is 7.85 Å². The molecule has 0 aromatic heterocycles. The molecule has 0 aliphatic rings. The molecule has 2 aromatic carbocycles. The van der Waals surface area contributed by atoms with Crippen LogP contribution in [0.1, 0.15) is 0 Å². The van der Waals surface area contributed by atoms with Crippen molar-refractivity contribution in [2.75, 3.05) is 5.32 Å². The molecule has 0 amide bonds. The zero-order chi connectivity index (χ0) is 10.7. The van der Waals surface area contributed by atoms with E-state index in [1.807, 2.05) is 24.3 Å². The summed E-state index contributed by atoms with van der Waals surface area (Å²) in [4.78, 5) is 0. The standard InChI is InChI=1S/C12H11BBrN/c13-9-1-5-11(6-2-9)15-12-7-3-10(14)4-8-12/h1-8,15H,13H2. The lowest BCUT2D eigenvalue weighted by Gasteiger charge is -2.06. The Hall–Kier alpha value is -1.22. The highest BCUT2D eigenvalue weighted by Gasteiger charge is 1.93. The first kappa shape index (κ1) is 10.3. The molecule has 0 aliphatic heterocycles. The Morgan fingerprint density at radius 1 is 0.800 bits per heavy atom. The highest BCUT2D eigenvalue weighted by molar-refractivity contribution is 9.10. The lowest BCUT2D eigenvalue weighted by molar-refractivity contribution is 1.54. The maximum absolute atomic E-state index is 3.41. The molecular formula is C12H11BBrN. The third kappa shape index (κ3) is 2.86. The van der Waals surface area contributed by atoms with Crippen molar-refractivity contribution in [3.63, 3.8) is 0 Å². The number of halogens is 1. The van der Waals surface area contributed by atoms with Gasteiger partial charge in [-0.2, -0.15) is 0 Å². The monoisotopic (exact) mass is 259 g/mol. The molecule has 1 N–H and O–H groups in total. The first-order valence-corrected chi connectivity index (χ1v) is 5.62. The molecule has 15 heavy (non-hydrogen) atoms. The minimum absolute atomic E-state index is 1.09. The molecule has 0 saturated heterocycles. The van der Waals surface area contributed by atoms with Crippen molar-refractivity contribution >= 4 is 40.6 Å². The van der Waals surface area contributed by atoms with Crippen molar-refractivity contribution in [2.24, 2.45) is 0 Å². The molecule has 74 valence electrons. The summed E-state index contributed by atoms with van der Waals surface area (Å²) < 4.78 is 1.09. The van der Waals surface area contributed by atoms with E-state index in [1.165, 1.54) is 5.46 Å². The van der Waals surface area contributed by atoms with E-state index in [2.05, 4.69) is 53.4 Å². The van der Waals surface area contributed by atoms with Gasteiger partial charge in [-0.15, -0.1) is 0 Å². The smallest absolute Gasteiger partial charge is 0.139 e. The summed E-state index contributed by atoms with van der Waals surface area (Å²) >= 11 is 3.41. The predicted octanol–water partition coefficient (Wildman–Crippen LogP) is 2.45. The molecule has 0 fully saturated rings. The molecule has 2 aromatic rings. The molecular weight excluding hydrogens is 249 g/mol. The maximum atomic E-state index is 3.41. The first-order valence-electron chi connectivity index (χ1n) is 4.83. The lowest BCUT2D eigenvalue weighted by atomic mass is 9.96. The van der Waals surface area contributed by atoms with Crippen LogP contribution in [-0.2, 0) is 0 Å². The van der Waals surface area contributed by atoms with Crippen LogP contribution < -0.4 is 10.8 Å². The Kier molecular flexibility index (Phi) is 3.12. The van der Waals surface area contributed by atoms with Crippen molar-refractivity contribution in [3.8, 4) is 0 Å². The van der Waals surface area contributed by atoms with E-state index < -0.39 is 0 Å². The van der Waals surface area contributed by atoms with Gasteiger partial charge in [0.15, 0.2) is 0 Å². The topological polar surface area (TPSA) is 12.0 Å². The van der Waals surface area contributed by atoms with E-state index in [0.717, 1.165) is 15.8 Å². The Morgan fingerprint density at radius 2 is 1.27 bits per heavy atom. The number of nitrogens with one attached hydrogen (secondary N) is 1. The molecule has 0 spiro atoms. The van der Waals surface area contributed by atoms with Crippen LogP contribution in [0.2, 0.25) is 0 Å². The third-order valence-corrected chi connectivity index (χ3v) is 2.71. The van der Waals surface area contributed by atoms with Gasteiger partial charge in [0.25, 0.3) is 0 Å². The van der Waals surface area contributed by atoms with Gasteiger partial charge in [0.2, 0.25) is 0 Å². The molecule has 0 aliphatic carbocycles. The fourth-order valence-corrected chi connectivity index (χ4v) is 1.60. The van der Waals surface area contributed by atoms with Gasteiger partial charge in [-0.05, 0) is 36.4 Å². The van der Waals surface area contributed by atoms with E-state index in [4.69, 9.17) is 0 Å². The fourth-order valence-electron chi connectivity index (χ4n) is 1.34. The van der Waals surface area contributed by atoms with E-state index in [1.54, 1.807) is 0 Å². The molecule has 2 rings (SSSR count). The van der Waals surface area contributed by atoms with E-state index in [0.29, 0.717) is 0 Å². The first-order chi connectivity index (χ1) is 7.24. The Bertz CT molecular complexity index is 393. The Labute approximate surface area is 99.1 Å². The van der Waals surface area contributed by atoms with Crippen molar-refractivity contribution in [1.82, 2.24) is 0 Å². The Morgan fingerprint density at radius 3 is 1.80 bits per heavy atom. The highest BCUT2D eigenvalue weighted by atomic mass is 79.9. The Balaban J connectivity index is 2.15. The van der Waals surface area contributed by atoms with Crippen LogP contribution in [0.15, 0.2) is 53.0 Å². The van der Waals surface area contributed by atoms with E-state index in [9.17, 15) is 0 Å². The number of hydrogen-bond donors (Lipinski definition) is 1. The van der Waals surface area contributed by atoms with Crippen LogP contribution in [0.3, 0.4) is 0 Å². The number of hydrogen-bond acceptors (Lipinski definition) is 1. The van der Waals surface area contributed by atoms with Crippen molar-refractivity contribution < 1.29 is 0 Å². The average molecular weight is 260 g/mol. The second-order valence-electron chi connectivity index (χ2n) is 3.50. The van der Waals surface area contributed by atoms with Crippen LogP contribution in [0, 0.1) is 0 Å². The summed E-state index contributed by atoms with van der Waals surface area (Å²) in [5.74, 6) is 0. The summed E-state index contributed by atoms with van der Waals surface area (Å²) in [7, 11) is 2.09. The van der Waals surface area contributed by atoms with Gasteiger partial charge in [0.05, 0.1) is 0 Å². The number of rotatable bonds is 2. The van der Waals surface area contributed by atoms with Gasteiger partial charge in [-0.25, -0.2) is 0 Å². The second-order valence-corrected chi connectivity index (χ2v) is 4.41. The normalized spacial score (nSPS) is 9.93. The maximum Gasteiger partial charge on any atom is 0.139 e. The summed E-state index contributed by atoms with van der Waals surface area (Å²) in [5.41, 5.74) is 3.49. The molecule has 0 unspecified atom stereocenters. The summed E-state index contributed by atoms with van der Waals surface area (Å²) in [6, 6.07) is 16.5. The summed E-state index contributed by atoms with van der Waals surface area (Å²) in [5, 5.41) is 3.34. The number of benzene rings is 2. The van der Waals surface area contributed by atoms with Crippen molar-refractivity contribution in [2.45, 2.75) is 0 Å². The van der Waals surface area contributed by atoms with Crippen LogP contribution in [0.5, 0.6) is 0 Å². The van der Waals surface area contributed by atoms with Crippen molar-refractivity contribution in [1.29, 1.82) is 0 Å². The summed E-state index contributed by atoms with van der Waals surface area (Å²) in [6.45, 7) is 0. The minimum atomic E-state index is 1.09. The average Bonchev–Trinajstić information content (AvgIpc) is 2.25. The quantitative estimate of drug-likeness (QED) is 0.818. The van der Waals surface area contributed by atoms with E-state index in [-0.39, 0.29) is 0 Å². The SMILES string of the molecule is Bc1ccc(Nc2ccc(Br)cc2)cc1. The van der Waals surface area contributed by atoms with E-state index >= 15 is 0 Å². The fraction of sp³-hybridized carbons (Fsp3) is 0. The predicted molar refractivity (Wildman–Crippen MR) is 72.0 cm³/mol. The lowest BCUT2D eigenvalue weighted by Crippen LogP contribution is -2.00. The third-order valence-electron chi connectivity index (χ3n) is 2.18. The van der Waals surface area contributed by atoms with Gasteiger partial charge in [-0.1, -0.05) is 33.5 Å². The largest absolute Gasteiger partial charge is 0.356 e. The highest BCUT2D eigenvalue weighted by Crippen LogP contribution is 2.18. The molecule has 3 heteroatoms. The van der Waals surface area contributed by atoms with Gasteiger partial charge in [0, 0.05) is 15.8 Å². The number of anilines is 2. The van der Waals surface area contributed by atoms with Crippen LogP contribution >= 0.6 is 15.9 Å². The van der Waals surface area contributed by atoms with Crippen LogP contribution in [0.4, 0.5) is 11.4 Å². The molecule has 0 radical (unpaired) electrons.